The van der Waals surface area contributed by atoms with Crippen LogP contribution in [-0.2, 0) is 21.5 Å². The quantitative estimate of drug-likeness (QED) is 0.339. The number of benzene rings is 2. The van der Waals surface area contributed by atoms with Crippen LogP contribution in [-0.4, -0.2) is 36.9 Å². The SMILES string of the molecule is Cc1ccc(S(=O)(=O)Oc2cc(=O)n3cc(C4[C@H]5CN(C(=O)OCc6ccccc6)C[C@@H]45)sc3c2)cc1. The highest BCUT2D eigenvalue weighted by atomic mass is 32.2. The Morgan fingerprint density at radius 3 is 2.43 bits per heavy atom. The molecule has 0 bridgehead atoms. The molecule has 2 aromatic carbocycles. The van der Waals surface area contributed by atoms with Gasteiger partial charge < -0.3 is 13.8 Å². The van der Waals surface area contributed by atoms with Crippen molar-refractivity contribution in [2.45, 2.75) is 24.3 Å². The van der Waals surface area contributed by atoms with Gasteiger partial charge in [-0.2, -0.15) is 8.42 Å². The molecule has 2 aliphatic rings. The summed E-state index contributed by atoms with van der Waals surface area (Å²) in [5.74, 6) is 0.904. The zero-order valence-corrected chi connectivity index (χ0v) is 21.6. The van der Waals surface area contributed by atoms with Gasteiger partial charge in [-0.15, -0.1) is 11.3 Å². The van der Waals surface area contributed by atoms with Crippen LogP contribution in [0.5, 0.6) is 5.75 Å². The third-order valence-electron chi connectivity index (χ3n) is 6.99. The van der Waals surface area contributed by atoms with Crippen molar-refractivity contribution >= 4 is 32.4 Å². The lowest BCUT2D eigenvalue weighted by Crippen LogP contribution is -2.31. The third-order valence-corrected chi connectivity index (χ3v) is 9.38. The number of hydrogen-bond acceptors (Lipinski definition) is 7. The van der Waals surface area contributed by atoms with Gasteiger partial charge in [0.25, 0.3) is 5.56 Å². The molecule has 4 aromatic rings. The van der Waals surface area contributed by atoms with E-state index in [2.05, 4.69) is 0 Å². The van der Waals surface area contributed by atoms with E-state index < -0.39 is 10.1 Å². The second kappa shape index (κ2) is 9.04. The average Bonchev–Trinajstić information content (AvgIpc) is 3.19. The standard InChI is InChI=1S/C27H24N2O6S2/c1-17-7-9-20(10-8-17)37(32,33)35-19-11-24(30)29-15-23(36-25(29)12-19)26-21-13-28(14-22(21)26)27(31)34-16-18-5-3-2-4-6-18/h2-12,15,21-22,26H,13-14,16H2,1H3/t21-,22+,26?. The number of aromatic nitrogens is 1. The molecule has 0 spiro atoms. The number of nitrogens with zero attached hydrogens (tertiary/aromatic N) is 2. The highest BCUT2D eigenvalue weighted by Gasteiger charge is 2.58. The van der Waals surface area contributed by atoms with Crippen molar-refractivity contribution in [3.8, 4) is 5.75 Å². The molecule has 2 aromatic heterocycles. The van der Waals surface area contributed by atoms with E-state index in [1.807, 2.05) is 43.5 Å². The van der Waals surface area contributed by atoms with E-state index >= 15 is 0 Å². The summed E-state index contributed by atoms with van der Waals surface area (Å²) in [6.07, 6.45) is 1.51. The molecule has 37 heavy (non-hydrogen) atoms. The van der Waals surface area contributed by atoms with E-state index in [1.54, 1.807) is 23.1 Å². The number of aryl methyl sites for hydroxylation is 1. The van der Waals surface area contributed by atoms with Crippen molar-refractivity contribution in [1.82, 2.24) is 9.30 Å². The molecule has 3 heterocycles. The Balaban J connectivity index is 1.13. The van der Waals surface area contributed by atoms with Crippen molar-refractivity contribution in [1.29, 1.82) is 0 Å². The minimum absolute atomic E-state index is 0.0118. The smallest absolute Gasteiger partial charge is 0.410 e. The Bertz CT molecular complexity index is 1630. The number of ether oxygens (including phenoxy) is 1. The number of rotatable bonds is 6. The minimum atomic E-state index is -4.05. The van der Waals surface area contributed by atoms with Crippen LogP contribution in [0.3, 0.4) is 0 Å². The number of amides is 1. The van der Waals surface area contributed by atoms with Crippen LogP contribution in [0.1, 0.15) is 21.9 Å². The number of pyridine rings is 1. The number of carbonyl (C=O) groups excluding carboxylic acids is 1. The normalized spacial score (nSPS) is 20.6. The summed E-state index contributed by atoms with van der Waals surface area (Å²) in [5, 5.41) is 0. The maximum Gasteiger partial charge on any atom is 0.410 e. The van der Waals surface area contributed by atoms with Gasteiger partial charge in [-0.1, -0.05) is 48.0 Å². The van der Waals surface area contributed by atoms with Gasteiger partial charge in [-0.25, -0.2) is 4.79 Å². The Labute approximate surface area is 217 Å². The number of thiazole rings is 1. The lowest BCUT2D eigenvalue weighted by Gasteiger charge is -2.19. The number of fused-ring (bicyclic) bond motifs is 2. The molecule has 8 nitrogen and oxygen atoms in total. The van der Waals surface area contributed by atoms with Crippen LogP contribution >= 0.6 is 11.3 Å². The van der Waals surface area contributed by atoms with Crippen molar-refractivity contribution in [3.05, 3.63) is 99.3 Å². The summed E-state index contributed by atoms with van der Waals surface area (Å²) in [5.41, 5.74) is 1.52. The second-order valence-electron chi connectivity index (χ2n) is 9.52. The van der Waals surface area contributed by atoms with Crippen LogP contribution in [0.15, 0.2) is 82.6 Å². The minimum Gasteiger partial charge on any atom is -0.445 e. The molecular formula is C27H24N2O6S2. The Morgan fingerprint density at radius 2 is 1.73 bits per heavy atom. The molecular weight excluding hydrogens is 512 g/mol. The molecule has 2 fully saturated rings. The molecule has 1 amide bonds. The number of likely N-dealkylation sites (tertiary alicyclic amines) is 1. The summed E-state index contributed by atoms with van der Waals surface area (Å²) in [6.45, 7) is 3.35. The first-order chi connectivity index (χ1) is 17.8. The molecule has 0 radical (unpaired) electrons. The van der Waals surface area contributed by atoms with Crippen molar-refractivity contribution in [2.75, 3.05) is 13.1 Å². The maximum absolute atomic E-state index is 12.7. The van der Waals surface area contributed by atoms with E-state index in [0.717, 1.165) is 16.0 Å². The van der Waals surface area contributed by atoms with Gasteiger partial charge in [0.1, 0.15) is 16.3 Å². The largest absolute Gasteiger partial charge is 0.445 e. The fourth-order valence-corrected chi connectivity index (χ4v) is 7.22. The van der Waals surface area contributed by atoms with Gasteiger partial charge in [0.05, 0.1) is 0 Å². The lowest BCUT2D eigenvalue weighted by atomic mass is 10.2. The van der Waals surface area contributed by atoms with Crippen molar-refractivity contribution in [3.63, 3.8) is 0 Å². The number of carbonyl (C=O) groups is 1. The average molecular weight is 537 g/mol. The first-order valence-corrected chi connectivity index (χ1v) is 14.1. The topological polar surface area (TPSA) is 94.4 Å². The van der Waals surface area contributed by atoms with E-state index in [4.69, 9.17) is 8.92 Å². The molecule has 1 saturated heterocycles. The van der Waals surface area contributed by atoms with Gasteiger partial charge in [-0.05, 0) is 36.5 Å². The van der Waals surface area contributed by atoms with Gasteiger partial charge >= 0.3 is 16.2 Å². The molecule has 1 saturated carbocycles. The molecule has 1 aliphatic carbocycles. The molecule has 1 unspecified atom stereocenters. The zero-order chi connectivity index (χ0) is 25.7. The molecule has 6 rings (SSSR count). The monoisotopic (exact) mass is 536 g/mol. The highest BCUT2D eigenvalue weighted by molar-refractivity contribution is 7.87. The van der Waals surface area contributed by atoms with Crippen LogP contribution in [0, 0.1) is 18.8 Å². The summed E-state index contributed by atoms with van der Waals surface area (Å²) >= 11 is 1.45. The lowest BCUT2D eigenvalue weighted by molar-refractivity contribution is 0.0998. The van der Waals surface area contributed by atoms with E-state index in [9.17, 15) is 18.0 Å². The molecule has 0 N–H and O–H groups in total. The maximum atomic E-state index is 12.7. The van der Waals surface area contributed by atoms with E-state index in [-0.39, 0.29) is 34.8 Å². The van der Waals surface area contributed by atoms with Crippen LogP contribution < -0.4 is 9.74 Å². The number of piperidine rings is 1. The number of hydrogen-bond donors (Lipinski definition) is 0. The van der Waals surface area contributed by atoms with Gasteiger partial charge in [-0.3, -0.25) is 9.20 Å². The summed E-state index contributed by atoms with van der Waals surface area (Å²) < 4.78 is 37.6. The summed E-state index contributed by atoms with van der Waals surface area (Å²) in [4.78, 5) is 28.6. The zero-order valence-electron chi connectivity index (χ0n) is 19.9. The molecule has 190 valence electrons. The molecule has 1 aliphatic heterocycles. The van der Waals surface area contributed by atoms with E-state index in [1.165, 1.54) is 33.9 Å². The van der Waals surface area contributed by atoms with Crippen molar-refractivity contribution in [2.24, 2.45) is 11.8 Å². The first-order valence-electron chi connectivity index (χ1n) is 11.9. The van der Waals surface area contributed by atoms with Crippen LogP contribution in [0.2, 0.25) is 0 Å². The van der Waals surface area contributed by atoms with E-state index in [0.29, 0.717) is 29.8 Å². The van der Waals surface area contributed by atoms with Gasteiger partial charge in [0, 0.05) is 42.2 Å². The Morgan fingerprint density at radius 1 is 1.03 bits per heavy atom. The molecule has 3 atom stereocenters. The summed E-state index contributed by atoms with van der Waals surface area (Å²) in [6, 6.07) is 18.7. The predicted molar refractivity (Wildman–Crippen MR) is 138 cm³/mol. The van der Waals surface area contributed by atoms with Gasteiger partial charge in [0.2, 0.25) is 0 Å². The van der Waals surface area contributed by atoms with Crippen LogP contribution in [0.4, 0.5) is 4.79 Å². The van der Waals surface area contributed by atoms with Gasteiger partial charge in [0.15, 0.2) is 5.75 Å². The first kappa shape index (κ1) is 23.7. The highest BCUT2D eigenvalue weighted by Crippen LogP contribution is 2.59. The fraction of sp³-hybridized carbons (Fsp3) is 0.259. The fourth-order valence-electron chi connectivity index (χ4n) is 5.00. The molecule has 10 heteroatoms. The summed E-state index contributed by atoms with van der Waals surface area (Å²) in [7, 11) is -4.05. The Hall–Kier alpha value is -3.63. The third kappa shape index (κ3) is 4.62. The Kier molecular flexibility index (Phi) is 5.80. The van der Waals surface area contributed by atoms with Crippen molar-refractivity contribution < 1.29 is 22.1 Å². The van der Waals surface area contributed by atoms with Crippen LogP contribution in [0.25, 0.3) is 4.83 Å². The second-order valence-corrected chi connectivity index (χ2v) is 12.2. The predicted octanol–water partition coefficient (Wildman–Crippen LogP) is 4.42.